The molecule has 0 spiro atoms. The summed E-state index contributed by atoms with van der Waals surface area (Å²) < 4.78 is 25.3. The Morgan fingerprint density at radius 2 is 1.92 bits per heavy atom. The van der Waals surface area contributed by atoms with Crippen LogP contribution in [0.5, 0.6) is 5.75 Å². The van der Waals surface area contributed by atoms with Crippen LogP contribution in [0.1, 0.15) is 24.0 Å². The molecule has 3 N–H and O–H groups in total. The largest absolute Gasteiger partial charge is 0.487 e. The number of hydrogen-bond acceptors (Lipinski definition) is 7. The lowest BCUT2D eigenvalue weighted by molar-refractivity contribution is 0.286. The minimum absolute atomic E-state index is 0.181. The van der Waals surface area contributed by atoms with Gasteiger partial charge in [0.25, 0.3) is 0 Å². The number of rotatable bonds is 11. The minimum atomic E-state index is -0.310. The Morgan fingerprint density at radius 3 is 2.74 bits per heavy atom. The quantitative estimate of drug-likeness (QED) is 0.148. The maximum absolute atomic E-state index is 13.4. The summed E-state index contributed by atoms with van der Waals surface area (Å²) in [6.45, 7) is 3.11. The third-order valence-corrected chi connectivity index (χ3v) is 6.47. The Balaban J connectivity index is 1.34. The van der Waals surface area contributed by atoms with Crippen molar-refractivity contribution in [2.24, 2.45) is 0 Å². The van der Waals surface area contributed by atoms with Gasteiger partial charge in [-0.3, -0.25) is 0 Å². The van der Waals surface area contributed by atoms with Gasteiger partial charge in [0, 0.05) is 35.9 Å². The van der Waals surface area contributed by atoms with Crippen LogP contribution in [0.15, 0.2) is 77.5 Å². The molecule has 2 heterocycles. The highest BCUT2D eigenvalue weighted by Crippen LogP contribution is 2.34. The third kappa shape index (κ3) is 6.47. The SMILES string of the molecule is Cc1cc(NCCCCO)oc1-c1ccc2ncnc(Nc3ccc(OCc4cccc(F)c4)c(Cl)c3)c2c1. The van der Waals surface area contributed by atoms with E-state index in [2.05, 4.69) is 20.6 Å². The molecule has 0 aliphatic rings. The fraction of sp³-hybridized carbons (Fsp3) is 0.200. The molecule has 0 bridgehead atoms. The third-order valence-electron chi connectivity index (χ3n) is 6.18. The van der Waals surface area contributed by atoms with Crippen molar-refractivity contribution in [3.05, 3.63) is 95.0 Å². The van der Waals surface area contributed by atoms with Gasteiger partial charge in [0.1, 0.15) is 36.1 Å². The molecule has 0 amide bonds. The predicted octanol–water partition coefficient (Wildman–Crippen LogP) is 7.50. The normalized spacial score (nSPS) is 11.1. The van der Waals surface area contributed by atoms with E-state index in [0.29, 0.717) is 28.0 Å². The Hall–Kier alpha value is -4.14. The zero-order valence-corrected chi connectivity index (χ0v) is 22.1. The van der Waals surface area contributed by atoms with Crippen molar-refractivity contribution < 1.29 is 18.7 Å². The molecule has 5 aromatic rings. The van der Waals surface area contributed by atoms with Crippen molar-refractivity contribution in [2.45, 2.75) is 26.4 Å². The van der Waals surface area contributed by atoms with Crippen LogP contribution in [0.3, 0.4) is 0 Å². The molecule has 7 nitrogen and oxygen atoms in total. The van der Waals surface area contributed by atoms with Gasteiger partial charge >= 0.3 is 0 Å². The zero-order chi connectivity index (χ0) is 27.2. The second kappa shape index (κ2) is 12.1. The summed E-state index contributed by atoms with van der Waals surface area (Å²) in [4.78, 5) is 8.87. The van der Waals surface area contributed by atoms with Crippen molar-refractivity contribution in [1.82, 2.24) is 9.97 Å². The number of aromatic nitrogens is 2. The molecule has 0 aliphatic heterocycles. The number of anilines is 3. The van der Waals surface area contributed by atoms with E-state index in [4.69, 9.17) is 25.9 Å². The summed E-state index contributed by atoms with van der Waals surface area (Å²) in [5.74, 6) is 2.26. The van der Waals surface area contributed by atoms with Gasteiger partial charge in [-0.05, 0) is 79.4 Å². The molecule has 3 aromatic carbocycles. The van der Waals surface area contributed by atoms with Crippen LogP contribution in [0, 0.1) is 12.7 Å². The first-order valence-electron chi connectivity index (χ1n) is 12.6. The molecule has 0 fully saturated rings. The highest BCUT2D eigenvalue weighted by molar-refractivity contribution is 6.32. The van der Waals surface area contributed by atoms with Gasteiger partial charge in [0.2, 0.25) is 0 Å². The summed E-state index contributed by atoms with van der Waals surface area (Å²) in [6.07, 6.45) is 3.11. The molecule has 0 saturated heterocycles. The minimum Gasteiger partial charge on any atom is -0.487 e. The number of unbranched alkanes of at least 4 members (excludes halogenated alkanes) is 1. The summed E-state index contributed by atoms with van der Waals surface area (Å²) >= 11 is 6.49. The van der Waals surface area contributed by atoms with Crippen LogP contribution in [0.2, 0.25) is 5.02 Å². The zero-order valence-electron chi connectivity index (χ0n) is 21.4. The highest BCUT2D eigenvalue weighted by atomic mass is 35.5. The fourth-order valence-corrected chi connectivity index (χ4v) is 4.46. The number of furan rings is 1. The van der Waals surface area contributed by atoms with Crippen LogP contribution in [-0.2, 0) is 6.61 Å². The second-order valence-electron chi connectivity index (χ2n) is 9.12. The van der Waals surface area contributed by atoms with Gasteiger partial charge in [-0.25, -0.2) is 14.4 Å². The van der Waals surface area contributed by atoms with E-state index in [1.807, 2.05) is 37.3 Å². The van der Waals surface area contributed by atoms with Crippen LogP contribution >= 0.6 is 11.6 Å². The lowest BCUT2D eigenvalue weighted by Crippen LogP contribution is -2.01. The summed E-state index contributed by atoms with van der Waals surface area (Å²) in [6, 6.07) is 19.5. The van der Waals surface area contributed by atoms with Crippen molar-refractivity contribution in [3.8, 4) is 17.1 Å². The van der Waals surface area contributed by atoms with E-state index in [1.54, 1.807) is 24.3 Å². The average molecular weight is 547 g/mol. The number of fused-ring (bicyclic) bond motifs is 1. The van der Waals surface area contributed by atoms with Crippen LogP contribution < -0.4 is 15.4 Å². The lowest BCUT2D eigenvalue weighted by Gasteiger charge is -2.12. The van der Waals surface area contributed by atoms with E-state index in [0.717, 1.165) is 52.9 Å². The lowest BCUT2D eigenvalue weighted by atomic mass is 10.1. The Bertz CT molecular complexity index is 1590. The number of nitrogens with zero attached hydrogens (tertiary/aromatic N) is 2. The molecule has 0 atom stereocenters. The molecule has 2 aromatic heterocycles. The van der Waals surface area contributed by atoms with Gasteiger partial charge in [0.15, 0.2) is 5.88 Å². The standard InChI is InChI=1S/C30H28ClFN4O3/c1-19-13-28(33-11-2-3-12-37)39-29(19)21-7-9-26-24(15-21)30(35-18-34-26)36-23-8-10-27(25(31)16-23)38-17-20-5-4-6-22(32)14-20/h4-10,13-16,18,33,37H,2-3,11-12,17H2,1H3,(H,34,35,36). The maximum Gasteiger partial charge on any atom is 0.193 e. The molecule has 9 heteroatoms. The number of aryl methyl sites for hydroxylation is 1. The Labute approximate surface area is 230 Å². The topological polar surface area (TPSA) is 92.4 Å². The van der Waals surface area contributed by atoms with Gasteiger partial charge in [-0.1, -0.05) is 23.7 Å². The second-order valence-corrected chi connectivity index (χ2v) is 9.53. The molecule has 39 heavy (non-hydrogen) atoms. The molecule has 0 aliphatic carbocycles. The highest BCUT2D eigenvalue weighted by Gasteiger charge is 2.13. The first-order chi connectivity index (χ1) is 19.0. The molecular weight excluding hydrogens is 519 g/mol. The maximum atomic E-state index is 13.4. The number of aliphatic hydroxyl groups excluding tert-OH is 1. The molecule has 0 radical (unpaired) electrons. The molecule has 5 rings (SSSR count). The van der Waals surface area contributed by atoms with Crippen LogP contribution in [0.25, 0.3) is 22.2 Å². The number of hydrogen-bond donors (Lipinski definition) is 3. The van der Waals surface area contributed by atoms with E-state index in [9.17, 15) is 4.39 Å². The van der Waals surface area contributed by atoms with Gasteiger partial charge < -0.3 is 24.9 Å². The number of nitrogens with one attached hydrogen (secondary N) is 2. The van der Waals surface area contributed by atoms with Crippen molar-refractivity contribution in [2.75, 3.05) is 23.8 Å². The molecule has 0 saturated carbocycles. The van der Waals surface area contributed by atoms with Crippen LogP contribution in [-0.4, -0.2) is 28.2 Å². The smallest absolute Gasteiger partial charge is 0.193 e. The van der Waals surface area contributed by atoms with E-state index in [-0.39, 0.29) is 19.0 Å². The van der Waals surface area contributed by atoms with Crippen molar-refractivity contribution in [1.29, 1.82) is 0 Å². The fourth-order valence-electron chi connectivity index (χ4n) is 4.22. The Kier molecular flexibility index (Phi) is 8.24. The average Bonchev–Trinajstić information content (AvgIpc) is 3.31. The Morgan fingerprint density at radius 1 is 1.03 bits per heavy atom. The summed E-state index contributed by atoms with van der Waals surface area (Å²) in [5.41, 5.74) is 4.13. The first-order valence-corrected chi connectivity index (χ1v) is 13.0. The number of ether oxygens (including phenoxy) is 1. The molecule has 0 unspecified atom stereocenters. The summed E-state index contributed by atoms with van der Waals surface area (Å²) in [7, 11) is 0. The predicted molar refractivity (Wildman–Crippen MR) is 152 cm³/mol. The van der Waals surface area contributed by atoms with E-state index in [1.165, 1.54) is 18.5 Å². The number of aliphatic hydroxyl groups is 1. The van der Waals surface area contributed by atoms with E-state index >= 15 is 0 Å². The van der Waals surface area contributed by atoms with E-state index < -0.39 is 0 Å². The van der Waals surface area contributed by atoms with Crippen molar-refractivity contribution >= 4 is 39.9 Å². The first kappa shape index (κ1) is 26.5. The number of benzene rings is 3. The van der Waals surface area contributed by atoms with Crippen LogP contribution in [0.4, 0.5) is 21.8 Å². The number of halogens is 2. The summed E-state index contributed by atoms with van der Waals surface area (Å²) in [5, 5.41) is 16.8. The van der Waals surface area contributed by atoms with Crippen molar-refractivity contribution in [3.63, 3.8) is 0 Å². The van der Waals surface area contributed by atoms with Gasteiger partial charge in [0.05, 0.1) is 10.5 Å². The molecule has 200 valence electrons. The monoisotopic (exact) mass is 546 g/mol. The molecular formula is C30H28ClFN4O3. The van der Waals surface area contributed by atoms with Gasteiger partial charge in [-0.15, -0.1) is 0 Å². The van der Waals surface area contributed by atoms with Gasteiger partial charge in [-0.2, -0.15) is 0 Å².